The van der Waals surface area contributed by atoms with E-state index in [-0.39, 0.29) is 5.91 Å². The van der Waals surface area contributed by atoms with Crippen molar-refractivity contribution in [3.63, 3.8) is 0 Å². The Kier molecular flexibility index (Phi) is 5.74. The maximum Gasteiger partial charge on any atom is 0.227 e. The number of benzene rings is 1. The molecule has 0 aliphatic carbocycles. The number of hydrogen-bond donors (Lipinski definition) is 2. The Morgan fingerprint density at radius 3 is 2.76 bits per heavy atom. The molecule has 150 valence electrons. The highest BCUT2D eigenvalue weighted by Crippen LogP contribution is 2.21. The molecule has 29 heavy (non-hydrogen) atoms. The minimum absolute atomic E-state index is 0.214. The van der Waals surface area contributed by atoms with E-state index < -0.39 is 0 Å². The molecule has 1 amide bonds. The summed E-state index contributed by atoms with van der Waals surface area (Å²) in [4.78, 5) is 22.6. The summed E-state index contributed by atoms with van der Waals surface area (Å²) in [6.07, 6.45) is 6.48. The molecule has 0 saturated carbocycles. The molecule has 7 heteroatoms. The lowest BCUT2D eigenvalue weighted by Gasteiger charge is -2.16. The van der Waals surface area contributed by atoms with Gasteiger partial charge in [-0.05, 0) is 36.2 Å². The second kappa shape index (κ2) is 8.77. The lowest BCUT2D eigenvalue weighted by atomic mass is 10.2. The smallest absolute Gasteiger partial charge is 0.227 e. The maximum atomic E-state index is 11.9. The molecule has 2 N–H and O–H groups in total. The number of anilines is 1. The van der Waals surface area contributed by atoms with E-state index in [4.69, 9.17) is 0 Å². The second-order valence-corrected chi connectivity index (χ2v) is 7.12. The van der Waals surface area contributed by atoms with Crippen LogP contribution >= 0.6 is 0 Å². The molecule has 3 aromatic rings. The Labute approximate surface area is 170 Å². The van der Waals surface area contributed by atoms with Crippen LogP contribution in [0.2, 0.25) is 0 Å². The van der Waals surface area contributed by atoms with Crippen molar-refractivity contribution in [2.75, 3.05) is 25.0 Å². The molecule has 1 fully saturated rings. The van der Waals surface area contributed by atoms with E-state index >= 15 is 0 Å². The number of hydrogen-bond acceptors (Lipinski definition) is 3. The molecule has 3 heterocycles. The first-order valence-corrected chi connectivity index (χ1v) is 9.99. The van der Waals surface area contributed by atoms with Crippen LogP contribution in [0.5, 0.6) is 0 Å². The first-order valence-electron chi connectivity index (χ1n) is 9.99. The fourth-order valence-electron chi connectivity index (χ4n) is 3.54. The van der Waals surface area contributed by atoms with Gasteiger partial charge in [0.05, 0.1) is 5.69 Å². The van der Waals surface area contributed by atoms with Crippen LogP contribution in [0, 0.1) is 0 Å². The number of imidazole rings is 1. The lowest BCUT2D eigenvalue weighted by molar-refractivity contribution is -0.117. The first kappa shape index (κ1) is 19.0. The molecule has 4 rings (SSSR count). The van der Waals surface area contributed by atoms with Crippen LogP contribution in [0.25, 0.3) is 5.65 Å². The number of carbonyl (C=O) groups is 1. The molecule has 7 nitrogen and oxygen atoms in total. The number of amides is 1. The molecule has 0 spiro atoms. The average Bonchev–Trinajstić information content (AvgIpc) is 3.36. The third-order valence-corrected chi connectivity index (χ3v) is 5.09. The lowest BCUT2D eigenvalue weighted by Crippen LogP contribution is -2.37. The Hall–Kier alpha value is -3.35. The fourth-order valence-corrected chi connectivity index (χ4v) is 3.54. The normalized spacial score (nSPS) is 14.6. The van der Waals surface area contributed by atoms with Crippen LogP contribution in [-0.2, 0) is 17.8 Å². The van der Waals surface area contributed by atoms with Crippen molar-refractivity contribution < 1.29 is 4.79 Å². The van der Waals surface area contributed by atoms with Crippen molar-refractivity contribution in [1.82, 2.24) is 20.0 Å². The van der Waals surface area contributed by atoms with Gasteiger partial charge in [0.25, 0.3) is 0 Å². The summed E-state index contributed by atoms with van der Waals surface area (Å²) in [6, 6.07) is 14.1. The summed E-state index contributed by atoms with van der Waals surface area (Å²) < 4.78 is 2.03. The quantitative estimate of drug-likeness (QED) is 0.501. The van der Waals surface area contributed by atoms with Gasteiger partial charge < -0.3 is 19.9 Å². The highest BCUT2D eigenvalue weighted by atomic mass is 16.2. The number of fused-ring (bicyclic) bond motifs is 1. The standard InChI is InChI=1S/C22H26N6O/c1-23-22(24-12-11-18-16-27-13-3-2-5-20(27)26-18)25-15-17-7-9-19(10-8-17)28-14-4-6-21(28)29/h2-3,5,7-10,13,16H,4,6,11-12,14-15H2,1H3,(H2,23,24,25). The molecule has 2 aromatic heterocycles. The molecule has 0 bridgehead atoms. The molecule has 1 saturated heterocycles. The average molecular weight is 390 g/mol. The van der Waals surface area contributed by atoms with Gasteiger partial charge in [0, 0.05) is 57.6 Å². The number of pyridine rings is 1. The molecular formula is C22H26N6O. The third-order valence-electron chi connectivity index (χ3n) is 5.09. The van der Waals surface area contributed by atoms with Crippen molar-refractivity contribution in [3.05, 3.63) is 66.1 Å². The predicted molar refractivity (Wildman–Crippen MR) is 115 cm³/mol. The monoisotopic (exact) mass is 390 g/mol. The Morgan fingerprint density at radius 1 is 1.17 bits per heavy atom. The number of nitrogens with one attached hydrogen (secondary N) is 2. The van der Waals surface area contributed by atoms with Gasteiger partial charge in [-0.25, -0.2) is 4.98 Å². The van der Waals surface area contributed by atoms with Crippen LogP contribution in [0.3, 0.4) is 0 Å². The Morgan fingerprint density at radius 2 is 2.03 bits per heavy atom. The zero-order valence-electron chi connectivity index (χ0n) is 16.6. The van der Waals surface area contributed by atoms with Gasteiger partial charge in [-0.3, -0.25) is 9.79 Å². The van der Waals surface area contributed by atoms with Crippen LogP contribution in [0.15, 0.2) is 59.9 Å². The number of carbonyl (C=O) groups excluding carboxylic acids is 1. The van der Waals surface area contributed by atoms with Gasteiger partial charge >= 0.3 is 0 Å². The SMILES string of the molecule is CN=C(NCCc1cn2ccccc2n1)NCc1ccc(N2CCCC2=O)cc1. The van der Waals surface area contributed by atoms with Gasteiger partial charge in [0.15, 0.2) is 5.96 Å². The van der Waals surface area contributed by atoms with Gasteiger partial charge in [0.1, 0.15) is 5.65 Å². The topological polar surface area (TPSA) is 74.0 Å². The van der Waals surface area contributed by atoms with Crippen LogP contribution in [0.1, 0.15) is 24.1 Å². The summed E-state index contributed by atoms with van der Waals surface area (Å²) in [6.45, 7) is 2.24. The molecule has 1 aromatic carbocycles. The zero-order valence-corrected chi connectivity index (χ0v) is 16.6. The predicted octanol–water partition coefficient (Wildman–Crippen LogP) is 2.37. The van der Waals surface area contributed by atoms with E-state index in [9.17, 15) is 4.79 Å². The van der Waals surface area contributed by atoms with Gasteiger partial charge in [-0.15, -0.1) is 0 Å². The minimum Gasteiger partial charge on any atom is -0.356 e. The van der Waals surface area contributed by atoms with Crippen molar-refractivity contribution in [3.8, 4) is 0 Å². The summed E-state index contributed by atoms with van der Waals surface area (Å²) in [5, 5.41) is 6.66. The molecular weight excluding hydrogens is 364 g/mol. The minimum atomic E-state index is 0.214. The highest BCUT2D eigenvalue weighted by Gasteiger charge is 2.21. The van der Waals surface area contributed by atoms with E-state index in [2.05, 4.69) is 38.9 Å². The zero-order chi connectivity index (χ0) is 20.1. The third kappa shape index (κ3) is 4.56. The summed E-state index contributed by atoms with van der Waals surface area (Å²) >= 11 is 0. The van der Waals surface area contributed by atoms with Gasteiger partial charge in [-0.1, -0.05) is 18.2 Å². The van der Waals surface area contributed by atoms with Gasteiger partial charge in [-0.2, -0.15) is 0 Å². The van der Waals surface area contributed by atoms with E-state index in [1.54, 1.807) is 7.05 Å². The van der Waals surface area contributed by atoms with Crippen LogP contribution < -0.4 is 15.5 Å². The van der Waals surface area contributed by atoms with E-state index in [0.29, 0.717) is 13.0 Å². The van der Waals surface area contributed by atoms with Crippen LogP contribution in [0.4, 0.5) is 5.69 Å². The number of aromatic nitrogens is 2. The summed E-state index contributed by atoms with van der Waals surface area (Å²) in [7, 11) is 1.77. The van der Waals surface area contributed by atoms with E-state index in [1.165, 1.54) is 0 Å². The molecule has 1 aliphatic rings. The van der Waals surface area contributed by atoms with Crippen LogP contribution in [-0.4, -0.2) is 41.4 Å². The van der Waals surface area contributed by atoms with Crippen molar-refractivity contribution >= 4 is 23.2 Å². The number of rotatable bonds is 6. The van der Waals surface area contributed by atoms with E-state index in [1.807, 2.05) is 45.8 Å². The molecule has 0 radical (unpaired) electrons. The molecule has 1 aliphatic heterocycles. The number of guanidine groups is 1. The number of aliphatic imine (C=N–C) groups is 1. The molecule has 0 atom stereocenters. The highest BCUT2D eigenvalue weighted by molar-refractivity contribution is 5.95. The molecule has 0 unspecified atom stereocenters. The van der Waals surface area contributed by atoms with Crippen molar-refractivity contribution in [2.24, 2.45) is 4.99 Å². The van der Waals surface area contributed by atoms with Crippen molar-refractivity contribution in [2.45, 2.75) is 25.8 Å². The Bertz CT molecular complexity index is 975. The second-order valence-electron chi connectivity index (χ2n) is 7.12. The maximum absolute atomic E-state index is 11.9. The van der Waals surface area contributed by atoms with Gasteiger partial charge in [0.2, 0.25) is 5.91 Å². The first-order chi connectivity index (χ1) is 14.2. The van der Waals surface area contributed by atoms with E-state index in [0.717, 1.165) is 54.5 Å². The number of nitrogens with zero attached hydrogens (tertiary/aromatic N) is 4. The summed E-state index contributed by atoms with van der Waals surface area (Å²) in [5.41, 5.74) is 4.13. The fraction of sp³-hybridized carbons (Fsp3) is 0.318. The van der Waals surface area contributed by atoms with Crippen molar-refractivity contribution in [1.29, 1.82) is 0 Å². The largest absolute Gasteiger partial charge is 0.356 e. The summed E-state index contributed by atoms with van der Waals surface area (Å²) in [5.74, 6) is 0.971. The Balaban J connectivity index is 1.25.